The number of amides is 1. The van der Waals surface area contributed by atoms with Gasteiger partial charge in [0, 0.05) is 25.2 Å². The van der Waals surface area contributed by atoms with Gasteiger partial charge in [-0.25, -0.2) is 0 Å². The Labute approximate surface area is 91.4 Å². The summed E-state index contributed by atoms with van der Waals surface area (Å²) in [6.07, 6.45) is 3.46. The Morgan fingerprint density at radius 2 is 2.20 bits per heavy atom. The third-order valence-corrected chi connectivity index (χ3v) is 3.08. The van der Waals surface area contributed by atoms with E-state index in [0.717, 1.165) is 26.1 Å². The van der Waals surface area contributed by atoms with Crippen molar-refractivity contribution in [2.45, 2.75) is 38.3 Å². The molecule has 0 spiro atoms. The van der Waals surface area contributed by atoms with Gasteiger partial charge in [0.1, 0.15) is 0 Å². The maximum Gasteiger partial charge on any atom is 0.234 e. The van der Waals surface area contributed by atoms with E-state index in [9.17, 15) is 4.79 Å². The van der Waals surface area contributed by atoms with E-state index >= 15 is 0 Å². The van der Waals surface area contributed by atoms with Crippen LogP contribution in [0.3, 0.4) is 0 Å². The Kier molecular flexibility index (Phi) is 3.59. The average Bonchev–Trinajstić information content (AvgIpc) is 2.85. The van der Waals surface area contributed by atoms with E-state index in [0.29, 0.717) is 18.6 Å². The average molecular weight is 211 g/mol. The number of nitrogens with one attached hydrogen (secondary N) is 2. The lowest BCUT2D eigenvalue weighted by Gasteiger charge is -2.37. The van der Waals surface area contributed by atoms with E-state index in [2.05, 4.69) is 22.5 Å². The Hall–Kier alpha value is -0.610. The first-order valence-corrected chi connectivity index (χ1v) is 6.03. The molecule has 0 aromatic rings. The summed E-state index contributed by atoms with van der Waals surface area (Å²) in [4.78, 5) is 13.9. The summed E-state index contributed by atoms with van der Waals surface area (Å²) in [6.45, 7) is 5.85. The highest BCUT2D eigenvalue weighted by molar-refractivity contribution is 5.78. The van der Waals surface area contributed by atoms with Crippen LogP contribution in [0.1, 0.15) is 26.2 Å². The molecule has 0 aromatic carbocycles. The molecular formula is C11H21N3O. The van der Waals surface area contributed by atoms with Gasteiger partial charge in [-0.3, -0.25) is 9.69 Å². The first-order valence-electron chi connectivity index (χ1n) is 6.03. The molecule has 2 aliphatic rings. The van der Waals surface area contributed by atoms with Crippen LogP contribution in [0.2, 0.25) is 0 Å². The minimum atomic E-state index is 0.206. The van der Waals surface area contributed by atoms with Crippen molar-refractivity contribution in [2.75, 3.05) is 26.2 Å². The van der Waals surface area contributed by atoms with Crippen LogP contribution in [0.5, 0.6) is 0 Å². The maximum atomic E-state index is 11.6. The third-order valence-electron chi connectivity index (χ3n) is 3.08. The summed E-state index contributed by atoms with van der Waals surface area (Å²) in [5.41, 5.74) is 0. The second-order valence-corrected chi connectivity index (χ2v) is 4.62. The molecule has 4 nitrogen and oxygen atoms in total. The largest absolute Gasteiger partial charge is 0.352 e. The highest BCUT2D eigenvalue weighted by Gasteiger charge is 2.28. The summed E-state index contributed by atoms with van der Waals surface area (Å²) in [5, 5.41) is 6.30. The van der Waals surface area contributed by atoms with Crippen molar-refractivity contribution in [3.63, 3.8) is 0 Å². The minimum Gasteiger partial charge on any atom is -0.352 e. The molecule has 0 unspecified atom stereocenters. The lowest BCUT2D eigenvalue weighted by Crippen LogP contribution is -2.59. The van der Waals surface area contributed by atoms with Gasteiger partial charge in [0.25, 0.3) is 0 Å². The minimum absolute atomic E-state index is 0.206. The van der Waals surface area contributed by atoms with E-state index in [4.69, 9.17) is 0 Å². The number of carbonyl (C=O) groups excluding carboxylic acids is 1. The monoisotopic (exact) mass is 211 g/mol. The second-order valence-electron chi connectivity index (χ2n) is 4.62. The van der Waals surface area contributed by atoms with Gasteiger partial charge in [0.05, 0.1) is 6.54 Å². The molecule has 1 aliphatic heterocycles. The van der Waals surface area contributed by atoms with Crippen molar-refractivity contribution in [1.29, 1.82) is 0 Å². The maximum absolute atomic E-state index is 11.6. The van der Waals surface area contributed by atoms with Crippen molar-refractivity contribution in [3.8, 4) is 0 Å². The molecule has 1 heterocycles. The van der Waals surface area contributed by atoms with Gasteiger partial charge in [-0.1, -0.05) is 6.92 Å². The number of nitrogens with zero attached hydrogens (tertiary/aromatic N) is 1. The van der Waals surface area contributed by atoms with Crippen LogP contribution in [0.4, 0.5) is 0 Å². The van der Waals surface area contributed by atoms with Crippen LogP contribution in [0, 0.1) is 0 Å². The molecule has 15 heavy (non-hydrogen) atoms. The van der Waals surface area contributed by atoms with Crippen LogP contribution in [-0.4, -0.2) is 49.1 Å². The zero-order valence-corrected chi connectivity index (χ0v) is 9.46. The van der Waals surface area contributed by atoms with E-state index < -0.39 is 0 Å². The van der Waals surface area contributed by atoms with Gasteiger partial charge in [-0.2, -0.15) is 0 Å². The first-order chi connectivity index (χ1) is 7.29. The van der Waals surface area contributed by atoms with Gasteiger partial charge >= 0.3 is 0 Å². The van der Waals surface area contributed by atoms with Gasteiger partial charge in [-0.15, -0.1) is 0 Å². The van der Waals surface area contributed by atoms with Crippen LogP contribution in [-0.2, 0) is 4.79 Å². The van der Waals surface area contributed by atoms with E-state index in [1.807, 2.05) is 0 Å². The van der Waals surface area contributed by atoms with Crippen LogP contribution >= 0.6 is 0 Å². The second kappa shape index (κ2) is 4.94. The van der Waals surface area contributed by atoms with Crippen molar-refractivity contribution >= 4 is 5.91 Å². The molecule has 0 bridgehead atoms. The van der Waals surface area contributed by atoms with Crippen LogP contribution in [0.15, 0.2) is 0 Å². The molecule has 0 aromatic heterocycles. The van der Waals surface area contributed by atoms with E-state index in [1.54, 1.807) is 0 Å². The fourth-order valence-electron chi connectivity index (χ4n) is 1.90. The molecule has 1 aliphatic carbocycles. The molecule has 0 radical (unpaired) electrons. The molecule has 1 saturated heterocycles. The Balaban J connectivity index is 1.73. The molecule has 1 amide bonds. The third kappa shape index (κ3) is 3.18. The predicted octanol–water partition coefficient (Wildman–Crippen LogP) is -0.0512. The summed E-state index contributed by atoms with van der Waals surface area (Å²) >= 11 is 0. The molecule has 4 heteroatoms. The Bertz CT molecular complexity index is 224. The predicted molar refractivity (Wildman–Crippen MR) is 59.7 cm³/mol. The first kappa shape index (κ1) is 10.9. The number of hydrogen-bond acceptors (Lipinski definition) is 3. The van der Waals surface area contributed by atoms with Gasteiger partial charge in [0.2, 0.25) is 5.91 Å². The summed E-state index contributed by atoms with van der Waals surface area (Å²) < 4.78 is 0. The zero-order valence-electron chi connectivity index (χ0n) is 9.46. The molecule has 86 valence electrons. The van der Waals surface area contributed by atoms with Gasteiger partial charge < -0.3 is 10.6 Å². The number of hydrogen-bond donors (Lipinski definition) is 2. The van der Waals surface area contributed by atoms with E-state index in [1.165, 1.54) is 12.8 Å². The van der Waals surface area contributed by atoms with Crippen molar-refractivity contribution in [2.24, 2.45) is 0 Å². The Morgan fingerprint density at radius 3 is 2.67 bits per heavy atom. The normalized spacial score (nSPS) is 21.5. The molecule has 0 atom stereocenters. The fourth-order valence-corrected chi connectivity index (χ4v) is 1.90. The number of carbonyl (C=O) groups is 1. The van der Waals surface area contributed by atoms with Crippen LogP contribution in [0.25, 0.3) is 0 Å². The van der Waals surface area contributed by atoms with Gasteiger partial charge in [0.15, 0.2) is 0 Å². The topological polar surface area (TPSA) is 44.4 Å². The highest BCUT2D eigenvalue weighted by atomic mass is 16.2. The van der Waals surface area contributed by atoms with Crippen molar-refractivity contribution in [1.82, 2.24) is 15.5 Å². The molecule has 1 saturated carbocycles. The van der Waals surface area contributed by atoms with Gasteiger partial charge in [-0.05, 0) is 25.8 Å². The zero-order chi connectivity index (χ0) is 10.7. The quantitative estimate of drug-likeness (QED) is 0.647. The van der Waals surface area contributed by atoms with Crippen molar-refractivity contribution < 1.29 is 4.79 Å². The highest BCUT2D eigenvalue weighted by Crippen LogP contribution is 2.18. The lowest BCUT2D eigenvalue weighted by molar-refractivity contribution is -0.123. The van der Waals surface area contributed by atoms with Crippen molar-refractivity contribution in [3.05, 3.63) is 0 Å². The lowest BCUT2D eigenvalue weighted by atomic mass is 10.1. The Morgan fingerprint density at radius 1 is 1.47 bits per heavy atom. The fraction of sp³-hybridized carbons (Fsp3) is 0.909. The van der Waals surface area contributed by atoms with E-state index in [-0.39, 0.29) is 5.91 Å². The summed E-state index contributed by atoms with van der Waals surface area (Å²) in [6, 6.07) is 1.07. The molecular weight excluding hydrogens is 190 g/mol. The van der Waals surface area contributed by atoms with Crippen LogP contribution < -0.4 is 10.6 Å². The summed E-state index contributed by atoms with van der Waals surface area (Å²) in [7, 11) is 0. The summed E-state index contributed by atoms with van der Waals surface area (Å²) in [5.74, 6) is 0.206. The smallest absolute Gasteiger partial charge is 0.234 e. The molecule has 2 rings (SSSR count). The molecule has 2 N–H and O–H groups in total. The number of rotatable bonds is 6. The molecule has 2 fully saturated rings. The standard InChI is InChI=1S/C11H21N3O/c1-2-5-14(10-6-12-7-10)8-11(15)13-9-3-4-9/h9-10,12H,2-8H2,1H3,(H,13,15). The SMILES string of the molecule is CCCN(CC(=O)NC1CC1)C1CNC1.